The Hall–Kier alpha value is -3.61. The van der Waals surface area contributed by atoms with Gasteiger partial charge >= 0.3 is 0 Å². The van der Waals surface area contributed by atoms with E-state index in [9.17, 15) is 9.59 Å². The minimum absolute atomic E-state index is 0.171. The van der Waals surface area contributed by atoms with Crippen molar-refractivity contribution < 1.29 is 14.3 Å². The van der Waals surface area contributed by atoms with Gasteiger partial charge < -0.3 is 14.8 Å². The number of carbonyl (C=O) groups is 1. The summed E-state index contributed by atoms with van der Waals surface area (Å²) in [5.41, 5.74) is 1.34. The minimum atomic E-state index is -0.668. The molecule has 2 aromatic carbocycles. The second-order valence-electron chi connectivity index (χ2n) is 6.40. The maximum Gasteiger partial charge on any atom is 0.260 e. The van der Waals surface area contributed by atoms with Crippen molar-refractivity contribution in [1.29, 1.82) is 0 Å². The van der Waals surface area contributed by atoms with E-state index in [-0.39, 0.29) is 11.5 Å². The van der Waals surface area contributed by atoms with Crippen molar-refractivity contribution in [3.8, 4) is 22.8 Å². The quantitative estimate of drug-likeness (QED) is 0.636. The summed E-state index contributed by atoms with van der Waals surface area (Å²) < 4.78 is 12.2. The lowest BCUT2D eigenvalue weighted by Gasteiger charge is -2.15. The molecule has 1 aromatic heterocycles. The Bertz CT molecular complexity index is 1000. The van der Waals surface area contributed by atoms with Crippen molar-refractivity contribution in [3.63, 3.8) is 0 Å². The van der Waals surface area contributed by atoms with Crippen LogP contribution in [0.2, 0.25) is 0 Å². The fraction of sp³-hybridized carbons (Fsp3) is 0.227. The molecule has 150 valence electrons. The molecule has 3 rings (SSSR count). The predicted molar refractivity (Wildman–Crippen MR) is 110 cm³/mol. The number of hydrogen-bond acceptors (Lipinski definition) is 5. The number of hydrogen-bond donors (Lipinski definition) is 1. The summed E-state index contributed by atoms with van der Waals surface area (Å²) in [6, 6.07) is 18.0. The van der Waals surface area contributed by atoms with Crippen LogP contribution in [0.1, 0.15) is 6.92 Å². The molecule has 0 fully saturated rings. The smallest absolute Gasteiger partial charge is 0.260 e. The molecule has 1 atom stereocenters. The van der Waals surface area contributed by atoms with Crippen molar-refractivity contribution in [2.45, 2.75) is 19.6 Å². The average molecular weight is 393 g/mol. The van der Waals surface area contributed by atoms with Crippen LogP contribution in [-0.2, 0) is 11.3 Å². The van der Waals surface area contributed by atoms with Crippen LogP contribution in [0.25, 0.3) is 11.3 Å². The Morgan fingerprint density at radius 1 is 1.10 bits per heavy atom. The summed E-state index contributed by atoms with van der Waals surface area (Å²) in [4.78, 5) is 28.8. The van der Waals surface area contributed by atoms with Gasteiger partial charge in [-0.3, -0.25) is 14.2 Å². The molecular formula is C22H23N3O4. The molecule has 3 aromatic rings. The molecule has 1 amide bonds. The van der Waals surface area contributed by atoms with E-state index < -0.39 is 6.10 Å². The zero-order chi connectivity index (χ0) is 20.6. The van der Waals surface area contributed by atoms with Crippen molar-refractivity contribution >= 4 is 5.91 Å². The third kappa shape index (κ3) is 5.44. The van der Waals surface area contributed by atoms with Gasteiger partial charge in [0.25, 0.3) is 11.5 Å². The number of nitrogens with zero attached hydrogens (tertiary/aromatic N) is 2. The number of nitrogens with one attached hydrogen (secondary N) is 1. The Kier molecular flexibility index (Phi) is 6.63. The molecule has 1 heterocycles. The molecule has 7 heteroatoms. The Balaban J connectivity index is 1.51. The highest BCUT2D eigenvalue weighted by Gasteiger charge is 2.14. The third-order valence-electron chi connectivity index (χ3n) is 4.34. The molecule has 0 aliphatic carbocycles. The molecule has 0 aliphatic rings. The first-order chi connectivity index (χ1) is 14.1. The summed E-state index contributed by atoms with van der Waals surface area (Å²) in [5.74, 6) is 1.03. The van der Waals surface area contributed by atoms with E-state index in [2.05, 4.69) is 10.3 Å². The first-order valence-corrected chi connectivity index (χ1v) is 9.27. The molecule has 29 heavy (non-hydrogen) atoms. The monoisotopic (exact) mass is 393 g/mol. The highest BCUT2D eigenvalue weighted by atomic mass is 16.5. The van der Waals surface area contributed by atoms with E-state index in [1.165, 1.54) is 17.0 Å². The zero-order valence-electron chi connectivity index (χ0n) is 16.4. The lowest BCUT2D eigenvalue weighted by molar-refractivity contribution is -0.127. The highest BCUT2D eigenvalue weighted by Crippen LogP contribution is 2.18. The maximum atomic E-state index is 12.3. The number of benzene rings is 2. The minimum Gasteiger partial charge on any atom is -0.497 e. The first kappa shape index (κ1) is 20.1. The first-order valence-electron chi connectivity index (χ1n) is 9.27. The van der Waals surface area contributed by atoms with Crippen LogP contribution in [0.4, 0.5) is 0 Å². The summed E-state index contributed by atoms with van der Waals surface area (Å²) in [5, 5.41) is 2.77. The molecule has 1 N–H and O–H groups in total. The SMILES string of the molecule is COc1ccc(OC(C)C(=O)NCCn2cnc(-c3ccccc3)cc2=O)cc1. The second kappa shape index (κ2) is 9.54. The number of carbonyl (C=O) groups excluding carboxylic acids is 1. The molecule has 0 aliphatic heterocycles. The van der Waals surface area contributed by atoms with Crippen LogP contribution in [0.5, 0.6) is 11.5 Å². The Morgan fingerprint density at radius 3 is 2.45 bits per heavy atom. The standard InChI is InChI=1S/C22H23N3O4/c1-16(29-19-10-8-18(28-2)9-11-19)22(27)23-12-13-25-15-24-20(14-21(25)26)17-6-4-3-5-7-17/h3-11,14-16H,12-13H2,1-2H3,(H,23,27). The highest BCUT2D eigenvalue weighted by molar-refractivity contribution is 5.80. The van der Waals surface area contributed by atoms with Crippen LogP contribution in [0.15, 0.2) is 71.8 Å². The van der Waals surface area contributed by atoms with Crippen LogP contribution < -0.4 is 20.3 Å². The Labute approximate surface area is 168 Å². The molecule has 7 nitrogen and oxygen atoms in total. The van der Waals surface area contributed by atoms with E-state index in [1.54, 1.807) is 38.3 Å². The summed E-state index contributed by atoms with van der Waals surface area (Å²) >= 11 is 0. The van der Waals surface area contributed by atoms with Gasteiger partial charge in [0.2, 0.25) is 0 Å². The van der Waals surface area contributed by atoms with Crippen LogP contribution >= 0.6 is 0 Å². The van der Waals surface area contributed by atoms with Gasteiger partial charge in [0, 0.05) is 24.7 Å². The van der Waals surface area contributed by atoms with Crippen molar-refractivity contribution in [2.24, 2.45) is 0 Å². The predicted octanol–water partition coefficient (Wildman–Crippen LogP) is 2.50. The third-order valence-corrected chi connectivity index (χ3v) is 4.34. The lowest BCUT2D eigenvalue weighted by Crippen LogP contribution is -2.38. The van der Waals surface area contributed by atoms with E-state index in [0.29, 0.717) is 30.3 Å². The largest absolute Gasteiger partial charge is 0.497 e. The number of ether oxygens (including phenoxy) is 2. The normalized spacial score (nSPS) is 11.5. The number of aromatic nitrogens is 2. The molecule has 0 spiro atoms. The lowest BCUT2D eigenvalue weighted by atomic mass is 10.1. The number of amides is 1. The van der Waals surface area contributed by atoms with Crippen molar-refractivity contribution in [2.75, 3.05) is 13.7 Å². The Morgan fingerprint density at radius 2 is 1.79 bits per heavy atom. The molecule has 1 unspecified atom stereocenters. The second-order valence-corrected chi connectivity index (χ2v) is 6.40. The zero-order valence-corrected chi connectivity index (χ0v) is 16.4. The van der Waals surface area contributed by atoms with E-state index in [4.69, 9.17) is 9.47 Å². The summed E-state index contributed by atoms with van der Waals surface area (Å²) in [6.07, 6.45) is 0.826. The van der Waals surface area contributed by atoms with Gasteiger partial charge in [0.05, 0.1) is 19.1 Å². The van der Waals surface area contributed by atoms with Crippen LogP contribution in [-0.4, -0.2) is 35.2 Å². The van der Waals surface area contributed by atoms with E-state index in [1.807, 2.05) is 30.3 Å². The van der Waals surface area contributed by atoms with Gasteiger partial charge in [-0.1, -0.05) is 30.3 Å². The van der Waals surface area contributed by atoms with Gasteiger partial charge in [0.15, 0.2) is 6.10 Å². The maximum absolute atomic E-state index is 12.3. The molecule has 0 radical (unpaired) electrons. The molecule has 0 bridgehead atoms. The van der Waals surface area contributed by atoms with Crippen LogP contribution in [0, 0.1) is 0 Å². The topological polar surface area (TPSA) is 82.4 Å². The fourth-order valence-electron chi connectivity index (χ4n) is 2.72. The van der Waals surface area contributed by atoms with E-state index in [0.717, 1.165) is 5.56 Å². The molecular weight excluding hydrogens is 370 g/mol. The van der Waals surface area contributed by atoms with E-state index >= 15 is 0 Å². The molecule has 0 saturated carbocycles. The molecule has 0 saturated heterocycles. The summed E-state index contributed by atoms with van der Waals surface area (Å²) in [7, 11) is 1.59. The average Bonchev–Trinajstić information content (AvgIpc) is 2.75. The van der Waals surface area contributed by atoms with Gasteiger partial charge in [-0.15, -0.1) is 0 Å². The van der Waals surface area contributed by atoms with Crippen LogP contribution in [0.3, 0.4) is 0 Å². The summed E-state index contributed by atoms with van der Waals surface area (Å²) in [6.45, 7) is 2.28. The van der Waals surface area contributed by atoms with Crippen molar-refractivity contribution in [3.05, 3.63) is 77.3 Å². The number of methoxy groups -OCH3 is 1. The fourth-order valence-corrected chi connectivity index (χ4v) is 2.72. The van der Waals surface area contributed by atoms with Gasteiger partial charge in [0.1, 0.15) is 11.5 Å². The number of rotatable bonds is 8. The van der Waals surface area contributed by atoms with Gasteiger partial charge in [-0.2, -0.15) is 0 Å². The van der Waals surface area contributed by atoms with Gasteiger partial charge in [-0.05, 0) is 31.2 Å². The van der Waals surface area contributed by atoms with Crippen molar-refractivity contribution in [1.82, 2.24) is 14.9 Å². The van der Waals surface area contributed by atoms with Gasteiger partial charge in [-0.25, -0.2) is 4.98 Å².